The van der Waals surface area contributed by atoms with Gasteiger partial charge in [-0.25, -0.2) is 9.18 Å². The Kier molecular flexibility index (Phi) is 3.79. The Morgan fingerprint density at radius 3 is 2.83 bits per heavy atom. The van der Waals surface area contributed by atoms with Gasteiger partial charge in [-0.1, -0.05) is 6.07 Å². The molecule has 1 aromatic carbocycles. The SMILES string of the molecule is CC(=O)NC[C@H]1CN(c2ccc(C3(C=O)CC3)c(F)c2)C(=O)O1. The number of hydrogen-bond acceptors (Lipinski definition) is 4. The minimum atomic E-state index is -0.692. The van der Waals surface area contributed by atoms with Gasteiger partial charge < -0.3 is 14.8 Å². The van der Waals surface area contributed by atoms with Gasteiger partial charge in [-0.05, 0) is 25.0 Å². The molecular weight excluding hydrogens is 303 g/mol. The third-order valence-electron chi connectivity index (χ3n) is 4.27. The molecule has 122 valence electrons. The van der Waals surface area contributed by atoms with Gasteiger partial charge in [0.15, 0.2) is 0 Å². The fourth-order valence-electron chi connectivity index (χ4n) is 2.76. The van der Waals surface area contributed by atoms with Crippen LogP contribution in [0.4, 0.5) is 14.9 Å². The number of rotatable bonds is 5. The van der Waals surface area contributed by atoms with Crippen LogP contribution in [-0.2, 0) is 19.7 Å². The summed E-state index contributed by atoms with van der Waals surface area (Å²) < 4.78 is 19.5. The Bertz CT molecular complexity index is 672. The third-order valence-corrected chi connectivity index (χ3v) is 4.27. The van der Waals surface area contributed by atoms with Crippen molar-refractivity contribution in [2.24, 2.45) is 0 Å². The normalized spacial score (nSPS) is 21.7. The molecular formula is C16H17FN2O4. The van der Waals surface area contributed by atoms with E-state index in [1.54, 1.807) is 12.1 Å². The lowest BCUT2D eigenvalue weighted by Crippen LogP contribution is -2.33. The lowest BCUT2D eigenvalue weighted by Gasteiger charge is -2.16. The van der Waals surface area contributed by atoms with E-state index in [1.807, 2.05) is 0 Å². The summed E-state index contributed by atoms with van der Waals surface area (Å²) in [6.07, 6.45) is 1.04. The van der Waals surface area contributed by atoms with E-state index in [0.29, 0.717) is 24.1 Å². The van der Waals surface area contributed by atoms with Crippen molar-refractivity contribution in [3.05, 3.63) is 29.6 Å². The van der Waals surface area contributed by atoms with E-state index < -0.39 is 23.4 Å². The predicted octanol–water partition coefficient (Wildman–Crippen LogP) is 1.52. The largest absolute Gasteiger partial charge is 0.442 e. The maximum Gasteiger partial charge on any atom is 0.414 e. The molecule has 2 aliphatic rings. The van der Waals surface area contributed by atoms with Crippen LogP contribution in [0.2, 0.25) is 0 Å². The third kappa shape index (κ3) is 2.91. The average Bonchev–Trinajstić information content (AvgIpc) is 3.22. The molecule has 1 N–H and O–H groups in total. The van der Waals surface area contributed by atoms with Crippen molar-refractivity contribution in [3.63, 3.8) is 0 Å². The zero-order valence-corrected chi connectivity index (χ0v) is 12.7. The van der Waals surface area contributed by atoms with E-state index in [2.05, 4.69) is 5.32 Å². The number of aldehydes is 1. The number of cyclic esters (lactones) is 1. The van der Waals surface area contributed by atoms with E-state index >= 15 is 0 Å². The highest BCUT2D eigenvalue weighted by Gasteiger charge is 2.46. The van der Waals surface area contributed by atoms with Crippen LogP contribution in [0.25, 0.3) is 0 Å². The van der Waals surface area contributed by atoms with Gasteiger partial charge in [-0.15, -0.1) is 0 Å². The molecule has 1 aliphatic heterocycles. The number of carbonyl (C=O) groups excluding carboxylic acids is 3. The molecule has 1 heterocycles. The highest BCUT2D eigenvalue weighted by atomic mass is 19.1. The highest BCUT2D eigenvalue weighted by Crippen LogP contribution is 2.47. The summed E-state index contributed by atoms with van der Waals surface area (Å²) in [5, 5.41) is 2.58. The van der Waals surface area contributed by atoms with Gasteiger partial charge in [0.2, 0.25) is 5.91 Å². The van der Waals surface area contributed by atoms with E-state index in [4.69, 9.17) is 4.74 Å². The number of benzene rings is 1. The second-order valence-electron chi connectivity index (χ2n) is 5.99. The first kappa shape index (κ1) is 15.5. The predicted molar refractivity (Wildman–Crippen MR) is 79.7 cm³/mol. The molecule has 6 nitrogen and oxygen atoms in total. The zero-order chi connectivity index (χ0) is 16.6. The molecule has 1 saturated heterocycles. The molecule has 2 fully saturated rings. The van der Waals surface area contributed by atoms with Crippen molar-refractivity contribution < 1.29 is 23.5 Å². The summed E-state index contributed by atoms with van der Waals surface area (Å²) in [6.45, 7) is 1.83. The topological polar surface area (TPSA) is 75.7 Å². The Balaban J connectivity index is 1.75. The van der Waals surface area contributed by atoms with Crippen molar-refractivity contribution in [3.8, 4) is 0 Å². The van der Waals surface area contributed by atoms with Crippen LogP contribution < -0.4 is 10.2 Å². The van der Waals surface area contributed by atoms with E-state index in [9.17, 15) is 18.8 Å². The molecule has 1 atom stereocenters. The van der Waals surface area contributed by atoms with Crippen molar-refractivity contribution in [1.29, 1.82) is 0 Å². The average molecular weight is 320 g/mol. The van der Waals surface area contributed by atoms with Gasteiger partial charge in [-0.2, -0.15) is 0 Å². The maximum atomic E-state index is 14.3. The lowest BCUT2D eigenvalue weighted by molar-refractivity contribution is -0.119. The molecule has 0 bridgehead atoms. The van der Waals surface area contributed by atoms with E-state index in [0.717, 1.165) is 6.29 Å². The molecule has 0 aromatic heterocycles. The number of halogens is 1. The number of hydrogen-bond donors (Lipinski definition) is 1. The number of nitrogens with one attached hydrogen (secondary N) is 1. The summed E-state index contributed by atoms with van der Waals surface area (Å²) in [6, 6.07) is 4.42. The lowest BCUT2D eigenvalue weighted by atomic mass is 9.97. The summed E-state index contributed by atoms with van der Waals surface area (Å²) in [5.74, 6) is -0.705. The van der Waals surface area contributed by atoms with Crippen LogP contribution >= 0.6 is 0 Å². The molecule has 0 spiro atoms. The summed E-state index contributed by atoms with van der Waals surface area (Å²) in [7, 11) is 0. The number of carbonyl (C=O) groups is 3. The fourth-order valence-corrected chi connectivity index (χ4v) is 2.76. The first-order valence-electron chi connectivity index (χ1n) is 7.44. The quantitative estimate of drug-likeness (QED) is 0.835. The fraction of sp³-hybridized carbons (Fsp3) is 0.438. The molecule has 3 rings (SSSR count). The van der Waals surface area contributed by atoms with Crippen molar-refractivity contribution in [2.45, 2.75) is 31.3 Å². The molecule has 23 heavy (non-hydrogen) atoms. The molecule has 0 radical (unpaired) electrons. The Labute approximate surface area is 132 Å². The summed E-state index contributed by atoms with van der Waals surface area (Å²) in [5.41, 5.74) is 0.0594. The Hall–Kier alpha value is -2.44. The number of nitrogens with zero attached hydrogens (tertiary/aromatic N) is 1. The standard InChI is InChI=1S/C16H17FN2O4/c1-10(21)18-7-12-8-19(15(22)23-12)11-2-3-13(14(17)6-11)16(9-20)4-5-16/h2-3,6,9,12H,4-5,7-8H2,1H3,(H,18,21)/t12-/m0/s1. The van der Waals surface area contributed by atoms with Crippen LogP contribution in [0.3, 0.4) is 0 Å². The van der Waals surface area contributed by atoms with Crippen LogP contribution in [0.1, 0.15) is 25.3 Å². The zero-order valence-electron chi connectivity index (χ0n) is 12.7. The molecule has 1 aromatic rings. The molecule has 7 heteroatoms. The van der Waals surface area contributed by atoms with Gasteiger partial charge >= 0.3 is 6.09 Å². The molecule has 2 amide bonds. The second kappa shape index (κ2) is 5.64. The second-order valence-corrected chi connectivity index (χ2v) is 5.99. The van der Waals surface area contributed by atoms with E-state index in [1.165, 1.54) is 17.9 Å². The number of anilines is 1. The number of amides is 2. The Morgan fingerprint density at radius 2 is 2.26 bits per heavy atom. The monoisotopic (exact) mass is 320 g/mol. The maximum absolute atomic E-state index is 14.3. The van der Waals surface area contributed by atoms with Gasteiger partial charge in [0.05, 0.1) is 24.2 Å². The van der Waals surface area contributed by atoms with Crippen LogP contribution in [0.5, 0.6) is 0 Å². The first-order valence-corrected chi connectivity index (χ1v) is 7.44. The van der Waals surface area contributed by atoms with Crippen LogP contribution in [0, 0.1) is 5.82 Å². The van der Waals surface area contributed by atoms with Gasteiger partial charge in [0.1, 0.15) is 18.2 Å². The summed E-state index contributed by atoms with van der Waals surface area (Å²) in [4.78, 5) is 35.2. The number of ether oxygens (including phenoxy) is 1. The first-order chi connectivity index (χ1) is 10.9. The van der Waals surface area contributed by atoms with Crippen molar-refractivity contribution in [1.82, 2.24) is 5.32 Å². The highest BCUT2D eigenvalue weighted by molar-refractivity contribution is 5.90. The van der Waals surface area contributed by atoms with Crippen LogP contribution in [0.15, 0.2) is 18.2 Å². The van der Waals surface area contributed by atoms with Crippen molar-refractivity contribution >= 4 is 24.0 Å². The molecule has 0 unspecified atom stereocenters. The van der Waals surface area contributed by atoms with Crippen molar-refractivity contribution in [2.75, 3.05) is 18.0 Å². The Morgan fingerprint density at radius 1 is 1.52 bits per heavy atom. The van der Waals surface area contributed by atoms with E-state index in [-0.39, 0.29) is 19.0 Å². The minimum absolute atomic E-state index is 0.210. The minimum Gasteiger partial charge on any atom is -0.442 e. The van der Waals surface area contributed by atoms with Gasteiger partial charge in [0.25, 0.3) is 0 Å². The van der Waals surface area contributed by atoms with Crippen LogP contribution in [-0.4, -0.2) is 37.5 Å². The smallest absolute Gasteiger partial charge is 0.414 e. The summed E-state index contributed by atoms with van der Waals surface area (Å²) >= 11 is 0. The van der Waals surface area contributed by atoms with Gasteiger partial charge in [-0.3, -0.25) is 9.69 Å². The molecule has 1 aliphatic carbocycles. The molecule has 1 saturated carbocycles. The van der Waals surface area contributed by atoms with Gasteiger partial charge in [0, 0.05) is 12.5 Å².